The van der Waals surface area contributed by atoms with Gasteiger partial charge in [-0.15, -0.1) is 0 Å². The Kier molecular flexibility index (Phi) is 12.1. The predicted molar refractivity (Wildman–Crippen MR) is 168 cm³/mol. The van der Waals surface area contributed by atoms with Gasteiger partial charge in [-0.3, -0.25) is 14.6 Å². The van der Waals surface area contributed by atoms with Crippen LogP contribution in [0, 0.1) is 0 Å². The Morgan fingerprint density at radius 2 is 1.58 bits per heavy atom. The molecule has 1 aromatic heterocycles. The summed E-state index contributed by atoms with van der Waals surface area (Å²) in [5.41, 5.74) is 1.79. The minimum absolute atomic E-state index is 0.0232. The summed E-state index contributed by atoms with van der Waals surface area (Å²) in [7, 11) is 4.04. The molecule has 1 aliphatic heterocycles. The van der Waals surface area contributed by atoms with E-state index in [0.717, 1.165) is 43.4 Å². The van der Waals surface area contributed by atoms with Crippen LogP contribution in [0.5, 0.6) is 17.2 Å². The minimum atomic E-state index is -3.82. The number of nitrogens with zero attached hydrogens (tertiary/aromatic N) is 3. The first kappa shape index (κ1) is 33.7. The summed E-state index contributed by atoms with van der Waals surface area (Å²) in [6.07, 6.45) is 8.51. The summed E-state index contributed by atoms with van der Waals surface area (Å²) in [6, 6.07) is 15.8. The number of hydrogen-bond donors (Lipinski definition) is 0. The van der Waals surface area contributed by atoms with Crippen molar-refractivity contribution >= 4 is 11.8 Å². The maximum atomic E-state index is 15.7. The number of halogens is 2. The Morgan fingerprint density at radius 3 is 2.18 bits per heavy atom. The monoisotopic (exact) mass is 623 g/mol. The van der Waals surface area contributed by atoms with Crippen LogP contribution in [0.3, 0.4) is 0 Å². The van der Waals surface area contributed by atoms with Crippen LogP contribution < -0.4 is 14.2 Å². The fourth-order valence-corrected chi connectivity index (χ4v) is 5.92. The normalized spacial score (nSPS) is 14.7. The molecule has 0 aliphatic carbocycles. The van der Waals surface area contributed by atoms with Crippen LogP contribution in [-0.2, 0) is 28.4 Å². The highest BCUT2D eigenvalue weighted by atomic mass is 19.3. The van der Waals surface area contributed by atoms with Gasteiger partial charge in [0.1, 0.15) is 0 Å². The van der Waals surface area contributed by atoms with E-state index in [1.54, 1.807) is 6.20 Å². The summed E-state index contributed by atoms with van der Waals surface area (Å²) in [4.78, 5) is 34.1. The molecule has 0 spiro atoms. The topological polar surface area (TPSA) is 81.2 Å². The average Bonchev–Trinajstić information content (AvgIpc) is 3.54. The van der Waals surface area contributed by atoms with E-state index >= 15 is 8.78 Å². The smallest absolute Gasteiger partial charge is 0.350 e. The number of alkyl halides is 2. The zero-order chi connectivity index (χ0) is 32.2. The molecule has 4 rings (SSSR count). The highest BCUT2D eigenvalue weighted by Crippen LogP contribution is 2.43. The van der Waals surface area contributed by atoms with Crippen molar-refractivity contribution in [2.75, 3.05) is 41.0 Å². The van der Waals surface area contributed by atoms with Gasteiger partial charge >= 0.3 is 5.92 Å². The quantitative estimate of drug-likeness (QED) is 0.193. The number of aromatic nitrogens is 1. The molecule has 1 saturated heterocycles. The molecular weight excluding hydrogens is 580 g/mol. The third kappa shape index (κ3) is 8.71. The first-order chi connectivity index (χ1) is 21.8. The summed E-state index contributed by atoms with van der Waals surface area (Å²) in [5, 5.41) is 0. The molecule has 2 amide bonds. The molecule has 1 atom stereocenters. The van der Waals surface area contributed by atoms with Gasteiger partial charge in [0.2, 0.25) is 11.7 Å². The van der Waals surface area contributed by atoms with Gasteiger partial charge < -0.3 is 24.0 Å². The molecule has 0 saturated carbocycles. The van der Waals surface area contributed by atoms with Gasteiger partial charge in [0, 0.05) is 50.1 Å². The van der Waals surface area contributed by atoms with Gasteiger partial charge in [-0.05, 0) is 74.3 Å². The van der Waals surface area contributed by atoms with E-state index < -0.39 is 23.4 Å². The third-order valence-corrected chi connectivity index (χ3v) is 8.33. The Bertz CT molecular complexity index is 1320. The molecule has 10 heteroatoms. The number of aryl methyl sites for hydroxylation is 2. The zero-order valence-electron chi connectivity index (χ0n) is 26.3. The van der Waals surface area contributed by atoms with Gasteiger partial charge in [-0.25, -0.2) is 0 Å². The number of pyridine rings is 1. The highest BCUT2D eigenvalue weighted by Gasteiger charge is 2.47. The third-order valence-electron chi connectivity index (χ3n) is 8.33. The number of carbonyl (C=O) groups is 2. The summed E-state index contributed by atoms with van der Waals surface area (Å²) >= 11 is 0. The molecule has 0 bridgehead atoms. The Morgan fingerprint density at radius 1 is 0.933 bits per heavy atom. The predicted octanol–water partition coefficient (Wildman–Crippen LogP) is 6.06. The largest absolute Gasteiger partial charge is 0.493 e. The molecule has 2 heterocycles. The number of carbonyl (C=O) groups excluding carboxylic acids is 2. The van der Waals surface area contributed by atoms with Gasteiger partial charge in [-0.2, -0.15) is 8.78 Å². The molecule has 1 fully saturated rings. The molecule has 3 aromatic rings. The van der Waals surface area contributed by atoms with Crippen LogP contribution in [0.2, 0.25) is 0 Å². The number of ether oxygens (including phenoxy) is 3. The molecule has 0 unspecified atom stereocenters. The second-order valence-corrected chi connectivity index (χ2v) is 11.3. The van der Waals surface area contributed by atoms with Crippen molar-refractivity contribution in [3.63, 3.8) is 0 Å². The van der Waals surface area contributed by atoms with Crippen molar-refractivity contribution in [1.82, 2.24) is 14.8 Å². The van der Waals surface area contributed by atoms with Gasteiger partial charge in [-0.1, -0.05) is 36.4 Å². The van der Waals surface area contributed by atoms with Crippen LogP contribution in [-0.4, -0.2) is 73.6 Å². The maximum Gasteiger partial charge on any atom is 0.350 e. The van der Waals surface area contributed by atoms with Crippen LogP contribution >= 0.6 is 0 Å². The van der Waals surface area contributed by atoms with Gasteiger partial charge in [0.05, 0.1) is 21.3 Å². The zero-order valence-corrected chi connectivity index (χ0v) is 26.3. The Labute approximate surface area is 264 Å². The van der Waals surface area contributed by atoms with Crippen LogP contribution in [0.1, 0.15) is 55.2 Å². The van der Waals surface area contributed by atoms with E-state index in [0.29, 0.717) is 32.4 Å². The number of benzene rings is 2. The summed E-state index contributed by atoms with van der Waals surface area (Å²) < 4.78 is 47.1. The van der Waals surface area contributed by atoms with Crippen molar-refractivity contribution in [2.45, 2.75) is 63.3 Å². The lowest BCUT2D eigenvalue weighted by atomic mass is 10.0. The Hall–Kier alpha value is -4.21. The van der Waals surface area contributed by atoms with E-state index in [1.807, 2.05) is 41.4 Å². The first-order valence-electron chi connectivity index (χ1n) is 15.5. The lowest BCUT2D eigenvalue weighted by Crippen LogP contribution is -2.45. The van der Waals surface area contributed by atoms with Crippen molar-refractivity contribution in [3.8, 4) is 17.2 Å². The van der Waals surface area contributed by atoms with Crippen LogP contribution in [0.4, 0.5) is 8.78 Å². The molecule has 0 radical (unpaired) electrons. The maximum absolute atomic E-state index is 15.7. The van der Waals surface area contributed by atoms with Crippen LogP contribution in [0.25, 0.3) is 0 Å². The van der Waals surface area contributed by atoms with Crippen molar-refractivity contribution < 1.29 is 32.6 Å². The fourth-order valence-electron chi connectivity index (χ4n) is 5.92. The van der Waals surface area contributed by atoms with E-state index in [9.17, 15) is 9.59 Å². The van der Waals surface area contributed by atoms with Crippen molar-refractivity contribution in [1.29, 1.82) is 0 Å². The molecule has 1 aliphatic rings. The molecular formula is C35H43F2N3O5. The summed E-state index contributed by atoms with van der Waals surface area (Å²) in [6.45, 7) is 1.41. The lowest BCUT2D eigenvalue weighted by Gasteiger charge is -2.30. The van der Waals surface area contributed by atoms with Gasteiger partial charge in [0.15, 0.2) is 11.5 Å². The standard InChI is InChI=1S/C35H43F2N3O5/c1-43-30-23-28(24-31(44-2)33(30)45-3)35(36,37)34(42)40-22-10-16-29(40)17-18-32(41)39(20-8-14-26-11-5-4-6-12-26)21-9-15-27-13-7-19-38-25-27/h4-7,11-13,19,23-25,29H,8-10,14-18,20-22H2,1-3H3/t29-/m0/s1. The van der Waals surface area contributed by atoms with Crippen molar-refractivity contribution in [3.05, 3.63) is 83.7 Å². The number of hydrogen-bond acceptors (Lipinski definition) is 6. The van der Waals surface area contributed by atoms with E-state index in [-0.39, 0.29) is 36.1 Å². The molecule has 2 aromatic carbocycles. The fraction of sp³-hybridized carbons (Fsp3) is 0.457. The summed E-state index contributed by atoms with van der Waals surface area (Å²) in [5.74, 6) is -4.89. The van der Waals surface area contributed by atoms with E-state index in [4.69, 9.17) is 14.2 Å². The Balaban J connectivity index is 1.40. The first-order valence-corrected chi connectivity index (χ1v) is 15.5. The molecule has 45 heavy (non-hydrogen) atoms. The molecule has 242 valence electrons. The van der Waals surface area contributed by atoms with Crippen LogP contribution in [0.15, 0.2) is 67.0 Å². The molecule has 0 N–H and O–H groups in total. The lowest BCUT2D eigenvalue weighted by molar-refractivity contribution is -0.160. The SMILES string of the molecule is COc1cc(C(F)(F)C(=O)N2CCC[C@H]2CCC(=O)N(CCCc2ccccc2)CCCc2cccnc2)cc(OC)c1OC. The number of rotatable bonds is 16. The second kappa shape index (κ2) is 16.2. The minimum Gasteiger partial charge on any atom is -0.493 e. The second-order valence-electron chi connectivity index (χ2n) is 11.3. The highest BCUT2D eigenvalue weighted by molar-refractivity contribution is 5.86. The number of likely N-dealkylation sites (tertiary alicyclic amines) is 1. The van der Waals surface area contributed by atoms with Crippen molar-refractivity contribution in [2.24, 2.45) is 0 Å². The average molecular weight is 624 g/mol. The van der Waals surface area contributed by atoms with E-state index in [2.05, 4.69) is 17.1 Å². The number of amides is 2. The van der Waals surface area contributed by atoms with Gasteiger partial charge in [0.25, 0.3) is 5.91 Å². The van der Waals surface area contributed by atoms with E-state index in [1.165, 1.54) is 31.8 Å². The number of methoxy groups -OCH3 is 3. The molecule has 8 nitrogen and oxygen atoms in total.